The normalized spacial score (nSPS) is 12.4. The van der Waals surface area contributed by atoms with Gasteiger partial charge in [0.15, 0.2) is 5.96 Å². The largest absolute Gasteiger partial charge is 0.355 e. The van der Waals surface area contributed by atoms with Crippen molar-refractivity contribution in [1.29, 1.82) is 0 Å². The molecule has 0 fully saturated rings. The second-order valence-corrected chi connectivity index (χ2v) is 9.31. The number of nitrogens with one attached hydrogen (secondary N) is 3. The van der Waals surface area contributed by atoms with E-state index in [4.69, 9.17) is 0 Å². The lowest BCUT2D eigenvalue weighted by molar-refractivity contribution is 0.580. The maximum absolute atomic E-state index is 12.2. The first-order valence-corrected chi connectivity index (χ1v) is 10.5. The van der Waals surface area contributed by atoms with Crippen LogP contribution in [0.2, 0.25) is 0 Å². The van der Waals surface area contributed by atoms with Crippen LogP contribution in [0.3, 0.4) is 0 Å². The van der Waals surface area contributed by atoms with Crippen LogP contribution in [0.4, 0.5) is 0 Å². The number of rotatable bonds is 8. The average molecular weight is 500 g/mol. The van der Waals surface area contributed by atoms with Crippen LogP contribution in [0.25, 0.3) is 0 Å². The summed E-state index contributed by atoms with van der Waals surface area (Å²) in [4.78, 5) is 4.41. The van der Waals surface area contributed by atoms with Gasteiger partial charge in [0.1, 0.15) is 0 Å². The van der Waals surface area contributed by atoms with E-state index in [1.165, 1.54) is 0 Å². The molecule has 0 saturated heterocycles. The van der Waals surface area contributed by atoms with Crippen molar-refractivity contribution in [3.05, 3.63) is 29.8 Å². The Morgan fingerprint density at radius 2 is 1.76 bits per heavy atom. The fourth-order valence-electron chi connectivity index (χ4n) is 1.76. The van der Waals surface area contributed by atoms with Gasteiger partial charge in [-0.1, -0.05) is 17.7 Å². The molecule has 0 aliphatic heterocycles. The van der Waals surface area contributed by atoms with Gasteiger partial charge < -0.3 is 10.6 Å². The lowest BCUT2D eigenvalue weighted by Crippen LogP contribution is -2.45. The van der Waals surface area contributed by atoms with Gasteiger partial charge in [-0.2, -0.15) is 11.8 Å². The Balaban J connectivity index is 0.00000576. The predicted molar refractivity (Wildman–Crippen MR) is 119 cm³/mol. The van der Waals surface area contributed by atoms with Crippen LogP contribution in [-0.2, 0) is 10.0 Å². The number of hydrogen-bond donors (Lipinski definition) is 3. The Bertz CT molecular complexity index is 647. The molecule has 1 aromatic carbocycles. The van der Waals surface area contributed by atoms with Crippen LogP contribution in [0.15, 0.2) is 34.2 Å². The summed E-state index contributed by atoms with van der Waals surface area (Å²) < 4.78 is 27.0. The summed E-state index contributed by atoms with van der Waals surface area (Å²) in [6.07, 6.45) is 2.07. The van der Waals surface area contributed by atoms with Crippen LogP contribution in [0, 0.1) is 6.92 Å². The van der Waals surface area contributed by atoms with Crippen molar-refractivity contribution in [1.82, 2.24) is 15.4 Å². The Morgan fingerprint density at radius 3 is 2.28 bits per heavy atom. The molecule has 9 heteroatoms. The quantitative estimate of drug-likeness (QED) is 0.221. The first kappa shape index (κ1) is 24.5. The van der Waals surface area contributed by atoms with Gasteiger partial charge in [0.2, 0.25) is 10.0 Å². The smallest absolute Gasteiger partial charge is 0.240 e. The summed E-state index contributed by atoms with van der Waals surface area (Å²) in [6.45, 7) is 7.71. The van der Waals surface area contributed by atoms with E-state index in [9.17, 15) is 8.42 Å². The molecular formula is C16H29IN4O2S2. The summed E-state index contributed by atoms with van der Waals surface area (Å²) in [5.41, 5.74) is 1.03. The highest BCUT2D eigenvalue weighted by Gasteiger charge is 2.16. The Hall–Kier alpha value is -0.520. The zero-order chi connectivity index (χ0) is 18.2. The molecule has 0 atom stereocenters. The molecule has 0 aliphatic rings. The second-order valence-electron chi connectivity index (χ2n) is 6.03. The summed E-state index contributed by atoms with van der Waals surface area (Å²) in [6, 6.07) is 6.78. The number of sulfonamides is 1. The highest BCUT2D eigenvalue weighted by atomic mass is 127. The SMILES string of the molecule is CN=C(NCCNS(=O)(=O)c1ccc(C)cc1)NCC(C)(C)SC.I. The molecule has 0 heterocycles. The zero-order valence-electron chi connectivity index (χ0n) is 15.4. The second kappa shape index (κ2) is 11.2. The van der Waals surface area contributed by atoms with Gasteiger partial charge in [-0.05, 0) is 39.2 Å². The van der Waals surface area contributed by atoms with Gasteiger partial charge >= 0.3 is 0 Å². The fourth-order valence-corrected chi connectivity index (χ4v) is 3.00. The Kier molecular flexibility index (Phi) is 11.0. The van der Waals surface area contributed by atoms with Crippen molar-refractivity contribution in [3.8, 4) is 0 Å². The maximum Gasteiger partial charge on any atom is 0.240 e. The minimum absolute atomic E-state index is 0. The molecule has 0 aromatic heterocycles. The van der Waals surface area contributed by atoms with Crippen LogP contribution in [-0.4, -0.2) is 52.1 Å². The predicted octanol–water partition coefficient (Wildman–Crippen LogP) is 2.20. The topological polar surface area (TPSA) is 82.6 Å². The number of nitrogens with zero attached hydrogens (tertiary/aromatic N) is 1. The number of thioether (sulfide) groups is 1. The number of halogens is 1. The van der Waals surface area contributed by atoms with Gasteiger partial charge in [-0.3, -0.25) is 4.99 Å². The Morgan fingerprint density at radius 1 is 1.16 bits per heavy atom. The first-order chi connectivity index (χ1) is 11.2. The highest BCUT2D eigenvalue weighted by Crippen LogP contribution is 2.19. The molecule has 3 N–H and O–H groups in total. The molecule has 6 nitrogen and oxygen atoms in total. The lowest BCUT2D eigenvalue weighted by Gasteiger charge is -2.23. The third-order valence-corrected chi connectivity index (χ3v) is 6.23. The first-order valence-electron chi connectivity index (χ1n) is 7.76. The van der Waals surface area contributed by atoms with Gasteiger partial charge in [0.25, 0.3) is 0 Å². The zero-order valence-corrected chi connectivity index (χ0v) is 19.4. The van der Waals surface area contributed by atoms with Gasteiger partial charge in [-0.15, -0.1) is 24.0 Å². The van der Waals surface area contributed by atoms with E-state index in [1.807, 2.05) is 6.92 Å². The average Bonchev–Trinajstić information content (AvgIpc) is 2.54. The van der Waals surface area contributed by atoms with Crippen molar-refractivity contribution >= 4 is 51.7 Å². The summed E-state index contributed by atoms with van der Waals surface area (Å²) >= 11 is 1.77. The summed E-state index contributed by atoms with van der Waals surface area (Å²) in [5, 5.41) is 6.34. The maximum atomic E-state index is 12.2. The van der Waals surface area contributed by atoms with Crippen LogP contribution in [0.5, 0.6) is 0 Å². The minimum atomic E-state index is -3.47. The van der Waals surface area contributed by atoms with Gasteiger partial charge in [0, 0.05) is 31.4 Å². The fraction of sp³-hybridized carbons (Fsp3) is 0.562. The van der Waals surface area contributed by atoms with E-state index < -0.39 is 10.0 Å². The van der Waals surface area contributed by atoms with Crippen molar-refractivity contribution in [2.75, 3.05) is 32.9 Å². The molecule has 1 aromatic rings. The van der Waals surface area contributed by atoms with Crippen molar-refractivity contribution in [3.63, 3.8) is 0 Å². The van der Waals surface area contributed by atoms with Crippen molar-refractivity contribution < 1.29 is 8.42 Å². The summed E-state index contributed by atoms with van der Waals surface area (Å²) in [5.74, 6) is 0.659. The van der Waals surface area contributed by atoms with Crippen molar-refractivity contribution in [2.24, 2.45) is 4.99 Å². The molecule has 0 unspecified atom stereocenters. The standard InChI is InChI=1S/C16H28N4O2S2.HI/c1-13-6-8-14(9-7-13)24(21,22)20-11-10-18-15(17-4)19-12-16(2,3)23-5;/h6-9,20H,10-12H2,1-5H3,(H2,17,18,19);1H. The summed E-state index contributed by atoms with van der Waals surface area (Å²) in [7, 11) is -1.78. The molecular weight excluding hydrogens is 471 g/mol. The highest BCUT2D eigenvalue weighted by molar-refractivity contribution is 14.0. The van der Waals surface area contributed by atoms with E-state index >= 15 is 0 Å². The van der Waals surface area contributed by atoms with E-state index in [0.29, 0.717) is 12.5 Å². The molecule has 25 heavy (non-hydrogen) atoms. The van der Waals surface area contributed by atoms with Crippen LogP contribution >= 0.6 is 35.7 Å². The van der Waals surface area contributed by atoms with E-state index in [1.54, 1.807) is 43.1 Å². The van der Waals surface area contributed by atoms with E-state index in [-0.39, 0.29) is 40.2 Å². The number of aryl methyl sites for hydroxylation is 1. The third-order valence-electron chi connectivity index (χ3n) is 3.50. The van der Waals surface area contributed by atoms with E-state index in [0.717, 1.165) is 12.1 Å². The van der Waals surface area contributed by atoms with E-state index in [2.05, 4.69) is 40.5 Å². The Labute approximate surface area is 173 Å². The third kappa shape index (κ3) is 9.11. The molecule has 0 amide bonds. The number of guanidine groups is 1. The number of benzene rings is 1. The van der Waals surface area contributed by atoms with Gasteiger partial charge in [0.05, 0.1) is 4.90 Å². The van der Waals surface area contributed by atoms with Gasteiger partial charge in [-0.25, -0.2) is 13.1 Å². The monoisotopic (exact) mass is 500 g/mol. The molecule has 144 valence electrons. The molecule has 1 rings (SSSR count). The molecule has 0 radical (unpaired) electrons. The number of hydrogen-bond acceptors (Lipinski definition) is 4. The molecule has 0 spiro atoms. The van der Waals surface area contributed by atoms with Crippen LogP contribution < -0.4 is 15.4 Å². The lowest BCUT2D eigenvalue weighted by atomic mass is 10.2. The molecule has 0 aliphatic carbocycles. The minimum Gasteiger partial charge on any atom is -0.355 e. The van der Waals surface area contributed by atoms with Crippen molar-refractivity contribution in [2.45, 2.75) is 30.4 Å². The van der Waals surface area contributed by atoms with Crippen LogP contribution in [0.1, 0.15) is 19.4 Å². The molecule has 0 saturated carbocycles. The number of aliphatic imine (C=N–C) groups is 1. The molecule has 0 bridgehead atoms.